The molecule has 2 aromatic heterocycles. The Bertz CT molecular complexity index is 1630. The van der Waals surface area contributed by atoms with Crippen LogP contribution in [0.3, 0.4) is 0 Å². The van der Waals surface area contributed by atoms with E-state index in [4.69, 9.17) is 0 Å². The van der Waals surface area contributed by atoms with E-state index in [1.807, 2.05) is 0 Å². The van der Waals surface area contributed by atoms with Crippen molar-refractivity contribution >= 4 is 43.6 Å². The average Bonchev–Trinajstić information content (AvgIpc) is 3.41. The van der Waals surface area contributed by atoms with Gasteiger partial charge in [0.25, 0.3) is 0 Å². The van der Waals surface area contributed by atoms with Crippen molar-refractivity contribution in [3.8, 4) is 0 Å². The Balaban J connectivity index is 1.70. The molecule has 0 radical (unpaired) electrons. The Morgan fingerprint density at radius 3 is 1.74 bits per heavy atom. The van der Waals surface area contributed by atoms with E-state index >= 15 is 0 Å². The molecule has 0 amide bonds. The van der Waals surface area contributed by atoms with E-state index in [0.717, 1.165) is 19.4 Å². The van der Waals surface area contributed by atoms with Gasteiger partial charge in [0.1, 0.15) is 0 Å². The van der Waals surface area contributed by atoms with Crippen molar-refractivity contribution in [2.24, 2.45) is 5.92 Å². The summed E-state index contributed by atoms with van der Waals surface area (Å²) in [7, 11) is 0. The summed E-state index contributed by atoms with van der Waals surface area (Å²) < 4.78 is 5.12. The van der Waals surface area contributed by atoms with Crippen molar-refractivity contribution in [3.05, 3.63) is 96.6 Å². The largest absolute Gasteiger partial charge is 0.340 e. The van der Waals surface area contributed by atoms with Crippen LogP contribution >= 0.6 is 0 Å². The van der Waals surface area contributed by atoms with Crippen LogP contribution in [0.2, 0.25) is 0 Å². The van der Waals surface area contributed by atoms with E-state index in [9.17, 15) is 0 Å². The first-order valence-electron chi connectivity index (χ1n) is 13.1. The van der Waals surface area contributed by atoms with Crippen molar-refractivity contribution in [1.29, 1.82) is 0 Å². The number of hydrogen-bond acceptors (Lipinski definition) is 0. The zero-order chi connectivity index (χ0) is 24.2. The van der Waals surface area contributed by atoms with Gasteiger partial charge in [-0.25, -0.2) is 0 Å². The van der Waals surface area contributed by atoms with Crippen molar-refractivity contribution in [2.75, 3.05) is 0 Å². The number of aromatic nitrogens is 2. The van der Waals surface area contributed by atoms with E-state index in [-0.39, 0.29) is 5.54 Å². The fourth-order valence-electron chi connectivity index (χ4n) is 6.29. The second-order valence-corrected chi connectivity index (χ2v) is 10.2. The Morgan fingerprint density at radius 2 is 1.17 bits per heavy atom. The van der Waals surface area contributed by atoms with Crippen LogP contribution in [0, 0.1) is 5.92 Å². The van der Waals surface area contributed by atoms with Gasteiger partial charge in [-0.3, -0.25) is 0 Å². The molecule has 35 heavy (non-hydrogen) atoms. The van der Waals surface area contributed by atoms with Gasteiger partial charge in [0.2, 0.25) is 0 Å². The van der Waals surface area contributed by atoms with Crippen LogP contribution in [0.1, 0.15) is 46.1 Å². The predicted octanol–water partition coefficient (Wildman–Crippen LogP) is 9.12. The molecule has 0 bridgehead atoms. The third-order valence-electron chi connectivity index (χ3n) is 8.42. The zero-order valence-corrected chi connectivity index (χ0v) is 21.3. The second-order valence-electron chi connectivity index (χ2n) is 10.2. The Morgan fingerprint density at radius 1 is 0.657 bits per heavy atom. The minimum absolute atomic E-state index is 0.195. The summed E-state index contributed by atoms with van der Waals surface area (Å²) >= 11 is 0. The lowest BCUT2D eigenvalue weighted by Gasteiger charge is -2.39. The van der Waals surface area contributed by atoms with Crippen molar-refractivity contribution in [3.63, 3.8) is 0 Å². The van der Waals surface area contributed by atoms with E-state index < -0.39 is 0 Å². The molecule has 0 spiro atoms. The monoisotopic (exact) mass is 458 g/mol. The van der Waals surface area contributed by atoms with E-state index in [1.165, 1.54) is 49.2 Å². The number of para-hydroxylation sites is 3. The summed E-state index contributed by atoms with van der Waals surface area (Å²) in [6, 6.07) is 33.9. The first kappa shape index (κ1) is 22.0. The first-order valence-corrected chi connectivity index (χ1v) is 13.1. The summed E-state index contributed by atoms with van der Waals surface area (Å²) in [4.78, 5) is 0. The Hall–Kier alpha value is -3.52. The zero-order valence-electron chi connectivity index (χ0n) is 21.3. The van der Waals surface area contributed by atoms with Gasteiger partial charge in [-0.2, -0.15) is 0 Å². The van der Waals surface area contributed by atoms with E-state index in [0.29, 0.717) is 5.92 Å². The van der Waals surface area contributed by atoms with Gasteiger partial charge in [-0.1, -0.05) is 87.9 Å². The topological polar surface area (TPSA) is 9.86 Å². The summed E-state index contributed by atoms with van der Waals surface area (Å²) in [5.74, 6) is 0.447. The number of hydrogen-bond donors (Lipinski definition) is 0. The average molecular weight is 459 g/mol. The van der Waals surface area contributed by atoms with Gasteiger partial charge in [-0.05, 0) is 55.2 Å². The van der Waals surface area contributed by atoms with Gasteiger partial charge in [0.05, 0.1) is 5.54 Å². The number of rotatable bonds is 6. The normalized spacial score (nSPS) is 14.7. The van der Waals surface area contributed by atoms with Crippen LogP contribution < -0.4 is 0 Å². The maximum atomic E-state index is 2.62. The molecular weight excluding hydrogens is 424 g/mol. The molecule has 0 fully saturated rings. The highest BCUT2D eigenvalue weighted by Gasteiger charge is 2.37. The Labute approximate surface area is 207 Å². The molecule has 6 rings (SSSR count). The van der Waals surface area contributed by atoms with Crippen molar-refractivity contribution in [1.82, 2.24) is 9.13 Å². The smallest absolute Gasteiger partial charge is 0.0700 e. The second kappa shape index (κ2) is 8.30. The molecule has 2 atom stereocenters. The van der Waals surface area contributed by atoms with Crippen LogP contribution in [0.15, 0.2) is 91.0 Å². The maximum Gasteiger partial charge on any atom is 0.0700 e. The number of benzene rings is 4. The number of aryl methyl sites for hydroxylation is 1. The molecule has 0 aliphatic rings. The summed E-state index contributed by atoms with van der Waals surface area (Å²) in [5, 5.41) is 5.38. The van der Waals surface area contributed by atoms with Gasteiger partial charge in [-0.15, -0.1) is 0 Å². The molecule has 0 saturated heterocycles. The highest BCUT2D eigenvalue weighted by atomic mass is 15.1. The molecule has 2 unspecified atom stereocenters. The lowest BCUT2D eigenvalue weighted by Crippen LogP contribution is -2.38. The molecular formula is C33H34N2. The Kier molecular flexibility index (Phi) is 5.21. The van der Waals surface area contributed by atoms with Gasteiger partial charge >= 0.3 is 0 Å². The number of fused-ring (bicyclic) bond motifs is 6. The van der Waals surface area contributed by atoms with Gasteiger partial charge < -0.3 is 9.13 Å². The quantitative estimate of drug-likeness (QED) is 0.235. The molecule has 0 N–H and O–H groups in total. The van der Waals surface area contributed by atoms with Crippen molar-refractivity contribution < 1.29 is 0 Å². The molecule has 4 aromatic carbocycles. The van der Waals surface area contributed by atoms with Gasteiger partial charge in [0, 0.05) is 50.2 Å². The summed E-state index contributed by atoms with van der Waals surface area (Å²) in [5.41, 5.74) is 6.48. The minimum atomic E-state index is -0.195. The minimum Gasteiger partial charge on any atom is -0.340 e. The highest BCUT2D eigenvalue weighted by molar-refractivity contribution is 6.09. The molecule has 6 aromatic rings. The highest BCUT2D eigenvalue weighted by Crippen LogP contribution is 2.44. The van der Waals surface area contributed by atoms with Crippen LogP contribution in [0.5, 0.6) is 0 Å². The third-order valence-corrected chi connectivity index (χ3v) is 8.42. The van der Waals surface area contributed by atoms with Crippen LogP contribution in [-0.4, -0.2) is 9.13 Å². The molecule has 2 heterocycles. The summed E-state index contributed by atoms with van der Waals surface area (Å²) in [6.07, 6.45) is 2.23. The first-order chi connectivity index (χ1) is 17.1. The lowest BCUT2D eigenvalue weighted by molar-refractivity contribution is 0.270. The molecule has 0 saturated carbocycles. The molecule has 0 aliphatic carbocycles. The molecule has 2 heteroatoms. The fourth-order valence-corrected chi connectivity index (χ4v) is 6.29. The lowest BCUT2D eigenvalue weighted by atomic mass is 9.78. The standard InChI is InChI=1S/C33H34N2/c1-5-21-34-29-16-10-7-15-27(29)28-22-24(19-20-30(28)34)33(4,23(3)6-2)35-31-17-11-8-13-25(31)26-14-9-12-18-32(26)35/h7-20,22-23H,5-6,21H2,1-4H3. The maximum absolute atomic E-state index is 2.62. The van der Waals surface area contributed by atoms with Crippen LogP contribution in [0.4, 0.5) is 0 Å². The fraction of sp³-hybridized carbons (Fsp3) is 0.273. The third kappa shape index (κ3) is 3.09. The van der Waals surface area contributed by atoms with E-state index in [1.54, 1.807) is 0 Å². The van der Waals surface area contributed by atoms with Crippen molar-refractivity contribution in [2.45, 2.75) is 52.6 Å². The predicted molar refractivity (Wildman–Crippen MR) is 151 cm³/mol. The number of nitrogens with zero attached hydrogens (tertiary/aromatic N) is 2. The van der Waals surface area contributed by atoms with Crippen LogP contribution in [0.25, 0.3) is 43.6 Å². The van der Waals surface area contributed by atoms with Gasteiger partial charge in [0.15, 0.2) is 0 Å². The molecule has 2 nitrogen and oxygen atoms in total. The van der Waals surface area contributed by atoms with E-state index in [2.05, 4.69) is 128 Å². The molecule has 176 valence electrons. The summed E-state index contributed by atoms with van der Waals surface area (Å²) in [6.45, 7) is 10.5. The van der Waals surface area contributed by atoms with Crippen LogP contribution in [-0.2, 0) is 12.1 Å². The molecule has 0 aliphatic heterocycles. The SMILES string of the molecule is CCCn1c2ccccc2c2cc(C(C)(C(C)CC)n3c4ccccc4c4ccccc43)ccc21.